The van der Waals surface area contributed by atoms with Gasteiger partial charge in [-0.2, -0.15) is 12.6 Å². The highest BCUT2D eigenvalue weighted by molar-refractivity contribution is 7.80. The first kappa shape index (κ1) is 15.6. The highest BCUT2D eigenvalue weighted by atomic mass is 32.1. The molecule has 0 aliphatic rings. The number of carbonyl (C=O) groups is 1. The lowest BCUT2D eigenvalue weighted by Crippen LogP contribution is -2.46. The van der Waals surface area contributed by atoms with Crippen LogP contribution >= 0.6 is 12.6 Å². The van der Waals surface area contributed by atoms with Crippen LogP contribution in [0.25, 0.3) is 5.57 Å². The summed E-state index contributed by atoms with van der Waals surface area (Å²) in [6.45, 7) is 10.4. The number of hydrogen-bond acceptors (Lipinski definition) is 2. The minimum absolute atomic E-state index is 0.181. The van der Waals surface area contributed by atoms with Crippen LogP contribution in [0.4, 0.5) is 4.79 Å². The smallest absolute Gasteiger partial charge is 0.315 e. The Labute approximate surface area is 120 Å². The molecule has 0 fully saturated rings. The molecular weight excluding hydrogens is 256 g/mol. The average molecular weight is 278 g/mol. The molecule has 2 amide bonds. The van der Waals surface area contributed by atoms with E-state index in [1.54, 1.807) is 0 Å². The van der Waals surface area contributed by atoms with Gasteiger partial charge in [0.25, 0.3) is 0 Å². The Hall–Kier alpha value is -1.42. The summed E-state index contributed by atoms with van der Waals surface area (Å²) < 4.78 is 0. The van der Waals surface area contributed by atoms with Crippen molar-refractivity contribution in [1.82, 2.24) is 10.6 Å². The van der Waals surface area contributed by atoms with Gasteiger partial charge < -0.3 is 10.6 Å². The molecule has 0 aromatic heterocycles. The van der Waals surface area contributed by atoms with E-state index in [1.165, 1.54) is 0 Å². The van der Waals surface area contributed by atoms with Crippen molar-refractivity contribution in [2.75, 3.05) is 12.3 Å². The lowest BCUT2D eigenvalue weighted by atomic mass is 9.92. The summed E-state index contributed by atoms with van der Waals surface area (Å²) in [6.07, 6.45) is 0. The highest BCUT2D eigenvalue weighted by Crippen LogP contribution is 2.23. The van der Waals surface area contributed by atoms with Gasteiger partial charge in [0.1, 0.15) is 0 Å². The Bertz CT molecular complexity index is 469. The molecule has 0 bridgehead atoms. The molecule has 19 heavy (non-hydrogen) atoms. The Kier molecular flexibility index (Phi) is 5.48. The molecule has 0 spiro atoms. The molecule has 4 heteroatoms. The molecule has 1 rings (SSSR count). The summed E-state index contributed by atoms with van der Waals surface area (Å²) in [5.41, 5.74) is 2.71. The third-order valence-electron chi connectivity index (χ3n) is 2.90. The number of amides is 2. The average Bonchev–Trinajstić information content (AvgIpc) is 2.36. The summed E-state index contributed by atoms with van der Waals surface area (Å²) in [7, 11) is 0. The normalized spacial score (nSPS) is 10.9. The van der Waals surface area contributed by atoms with Crippen molar-refractivity contribution < 1.29 is 4.79 Å². The third-order valence-corrected chi connectivity index (χ3v) is 3.12. The van der Waals surface area contributed by atoms with E-state index >= 15 is 0 Å². The van der Waals surface area contributed by atoms with E-state index in [-0.39, 0.29) is 6.03 Å². The van der Waals surface area contributed by atoms with Gasteiger partial charge in [-0.25, -0.2) is 4.79 Å². The van der Waals surface area contributed by atoms with Crippen molar-refractivity contribution in [2.24, 2.45) is 0 Å². The number of allylic oxidation sites excluding steroid dienone is 1. The topological polar surface area (TPSA) is 41.1 Å². The second kappa shape index (κ2) is 6.66. The minimum atomic E-state index is -0.438. The number of thiol groups is 1. The van der Waals surface area contributed by atoms with E-state index in [4.69, 9.17) is 0 Å². The van der Waals surface area contributed by atoms with Gasteiger partial charge in [0.05, 0.1) is 5.54 Å². The standard InChI is InChI=1S/C15H22N2OS/c1-11(2)12-6-5-7-13(10-12)15(3,4)17-14(18)16-8-9-19/h5-7,10,19H,1,8-9H2,2-4H3,(H2,16,17,18). The number of hydrogen-bond donors (Lipinski definition) is 3. The van der Waals surface area contributed by atoms with Crippen LogP contribution in [0.1, 0.15) is 31.9 Å². The largest absolute Gasteiger partial charge is 0.337 e. The van der Waals surface area contributed by atoms with Gasteiger partial charge in [0, 0.05) is 12.3 Å². The van der Waals surface area contributed by atoms with E-state index in [1.807, 2.05) is 39.0 Å². The molecule has 3 nitrogen and oxygen atoms in total. The van der Waals surface area contributed by atoms with Crippen molar-refractivity contribution in [3.63, 3.8) is 0 Å². The van der Waals surface area contributed by atoms with Gasteiger partial charge in [-0.3, -0.25) is 0 Å². The van der Waals surface area contributed by atoms with E-state index in [0.717, 1.165) is 16.7 Å². The van der Waals surface area contributed by atoms with Gasteiger partial charge in [0.15, 0.2) is 0 Å². The quantitative estimate of drug-likeness (QED) is 0.711. The lowest BCUT2D eigenvalue weighted by molar-refractivity contribution is 0.230. The monoisotopic (exact) mass is 278 g/mol. The maximum absolute atomic E-state index is 11.7. The second-order valence-electron chi connectivity index (χ2n) is 5.09. The molecule has 0 aliphatic carbocycles. The second-order valence-corrected chi connectivity index (χ2v) is 5.54. The summed E-state index contributed by atoms with van der Waals surface area (Å²) in [5.74, 6) is 0.624. The molecule has 104 valence electrons. The van der Waals surface area contributed by atoms with Gasteiger partial charge >= 0.3 is 6.03 Å². The predicted octanol–water partition coefficient (Wildman–Crippen LogP) is 3.18. The zero-order valence-corrected chi connectivity index (χ0v) is 12.7. The van der Waals surface area contributed by atoms with Crippen molar-refractivity contribution in [3.8, 4) is 0 Å². The van der Waals surface area contributed by atoms with Gasteiger partial charge in [-0.1, -0.05) is 30.4 Å². The van der Waals surface area contributed by atoms with E-state index < -0.39 is 5.54 Å². The molecule has 0 saturated heterocycles. The minimum Gasteiger partial charge on any atom is -0.337 e. The van der Waals surface area contributed by atoms with Crippen molar-refractivity contribution in [1.29, 1.82) is 0 Å². The zero-order chi connectivity index (χ0) is 14.5. The molecule has 0 radical (unpaired) electrons. The van der Waals surface area contributed by atoms with Gasteiger partial charge in [0.2, 0.25) is 0 Å². The first-order valence-electron chi connectivity index (χ1n) is 6.30. The number of urea groups is 1. The maximum Gasteiger partial charge on any atom is 0.315 e. The third kappa shape index (κ3) is 4.63. The molecule has 1 aromatic rings. The van der Waals surface area contributed by atoms with E-state index in [2.05, 4.69) is 35.9 Å². The van der Waals surface area contributed by atoms with Gasteiger partial charge in [-0.05, 0) is 38.0 Å². The molecule has 1 aromatic carbocycles. The number of nitrogens with one attached hydrogen (secondary N) is 2. The number of carbonyl (C=O) groups excluding carboxylic acids is 1. The molecule has 2 N–H and O–H groups in total. The van der Waals surface area contributed by atoms with Crippen molar-refractivity contribution in [3.05, 3.63) is 42.0 Å². The summed E-state index contributed by atoms with van der Waals surface area (Å²) in [5, 5.41) is 5.71. The Balaban J connectivity index is 2.84. The van der Waals surface area contributed by atoms with Crippen LogP contribution in [0.3, 0.4) is 0 Å². The maximum atomic E-state index is 11.7. The highest BCUT2D eigenvalue weighted by Gasteiger charge is 2.22. The molecule has 0 unspecified atom stereocenters. The van der Waals surface area contributed by atoms with Crippen LogP contribution in [0.15, 0.2) is 30.8 Å². The van der Waals surface area contributed by atoms with Gasteiger partial charge in [-0.15, -0.1) is 0 Å². The molecular formula is C15H22N2OS. The summed E-state index contributed by atoms with van der Waals surface area (Å²) >= 11 is 4.06. The number of rotatable bonds is 5. The van der Waals surface area contributed by atoms with E-state index in [9.17, 15) is 4.79 Å². The fourth-order valence-electron chi connectivity index (χ4n) is 1.74. The van der Waals surface area contributed by atoms with Crippen LogP contribution in [0.2, 0.25) is 0 Å². The Morgan fingerprint density at radius 2 is 2.11 bits per heavy atom. The molecule has 0 aliphatic heterocycles. The SMILES string of the molecule is C=C(C)c1cccc(C(C)(C)NC(=O)NCCS)c1. The zero-order valence-electron chi connectivity index (χ0n) is 11.8. The van der Waals surface area contributed by atoms with Crippen LogP contribution in [0.5, 0.6) is 0 Å². The fourth-order valence-corrected chi connectivity index (χ4v) is 1.85. The Morgan fingerprint density at radius 1 is 1.42 bits per heavy atom. The van der Waals surface area contributed by atoms with Crippen LogP contribution in [0, 0.1) is 0 Å². The van der Waals surface area contributed by atoms with Crippen LogP contribution in [-0.4, -0.2) is 18.3 Å². The fraction of sp³-hybridized carbons (Fsp3) is 0.400. The van der Waals surface area contributed by atoms with Crippen LogP contribution < -0.4 is 10.6 Å². The molecule has 0 heterocycles. The molecule has 0 saturated carbocycles. The summed E-state index contributed by atoms with van der Waals surface area (Å²) in [4.78, 5) is 11.7. The van der Waals surface area contributed by atoms with Crippen molar-refractivity contribution >= 4 is 24.2 Å². The summed E-state index contributed by atoms with van der Waals surface area (Å²) in [6, 6.07) is 7.88. The Morgan fingerprint density at radius 3 is 2.68 bits per heavy atom. The van der Waals surface area contributed by atoms with Crippen molar-refractivity contribution in [2.45, 2.75) is 26.3 Å². The van der Waals surface area contributed by atoms with E-state index in [0.29, 0.717) is 12.3 Å². The number of benzene rings is 1. The predicted molar refractivity (Wildman–Crippen MR) is 84.6 cm³/mol. The first-order chi connectivity index (χ1) is 8.86. The first-order valence-corrected chi connectivity index (χ1v) is 6.93. The molecule has 0 atom stereocenters. The lowest BCUT2D eigenvalue weighted by Gasteiger charge is -2.27. The van der Waals surface area contributed by atoms with Crippen LogP contribution in [-0.2, 0) is 5.54 Å².